The first-order valence-electron chi connectivity index (χ1n) is 5.30. The molecule has 1 aliphatic rings. The van der Waals surface area contributed by atoms with Gasteiger partial charge in [-0.3, -0.25) is 4.79 Å². The van der Waals surface area contributed by atoms with E-state index in [1.807, 2.05) is 13.8 Å². The average Bonchev–Trinajstić information content (AvgIpc) is 2.95. The van der Waals surface area contributed by atoms with E-state index in [-0.39, 0.29) is 11.4 Å². The Morgan fingerprint density at radius 2 is 2.19 bits per heavy atom. The SMILES string of the molecule is Cc1cc(C(=O)NC2(C)CC2)cc(NN)n1. The Morgan fingerprint density at radius 1 is 1.50 bits per heavy atom. The number of hydrazine groups is 1. The van der Waals surface area contributed by atoms with E-state index in [0.29, 0.717) is 11.4 Å². The van der Waals surface area contributed by atoms with Gasteiger partial charge in [0.15, 0.2) is 0 Å². The third kappa shape index (κ3) is 2.30. The molecule has 0 radical (unpaired) electrons. The number of aromatic nitrogens is 1. The second kappa shape index (κ2) is 3.75. The number of rotatable bonds is 3. The number of aryl methyl sites for hydroxylation is 1. The monoisotopic (exact) mass is 220 g/mol. The number of nitrogens with one attached hydrogen (secondary N) is 2. The maximum Gasteiger partial charge on any atom is 0.251 e. The third-order valence-electron chi connectivity index (χ3n) is 2.78. The number of nitrogen functional groups attached to an aromatic ring is 1. The lowest BCUT2D eigenvalue weighted by atomic mass is 10.2. The molecule has 4 N–H and O–H groups in total. The zero-order chi connectivity index (χ0) is 11.8. The highest BCUT2D eigenvalue weighted by atomic mass is 16.1. The molecule has 1 heterocycles. The van der Waals surface area contributed by atoms with Crippen molar-refractivity contribution in [3.8, 4) is 0 Å². The maximum absolute atomic E-state index is 11.9. The minimum atomic E-state index is -0.0676. The van der Waals surface area contributed by atoms with E-state index in [1.165, 1.54) is 0 Å². The fraction of sp³-hybridized carbons (Fsp3) is 0.455. The summed E-state index contributed by atoms with van der Waals surface area (Å²) in [4.78, 5) is 16.0. The normalized spacial score (nSPS) is 16.7. The molecule has 0 bridgehead atoms. The van der Waals surface area contributed by atoms with Crippen molar-refractivity contribution in [2.24, 2.45) is 5.84 Å². The topological polar surface area (TPSA) is 80.0 Å². The molecular weight excluding hydrogens is 204 g/mol. The van der Waals surface area contributed by atoms with E-state index in [0.717, 1.165) is 18.5 Å². The van der Waals surface area contributed by atoms with Gasteiger partial charge in [0.1, 0.15) is 5.82 Å². The first-order chi connectivity index (χ1) is 7.52. The van der Waals surface area contributed by atoms with E-state index in [9.17, 15) is 4.79 Å². The fourth-order valence-electron chi connectivity index (χ4n) is 1.53. The van der Waals surface area contributed by atoms with Gasteiger partial charge >= 0.3 is 0 Å². The van der Waals surface area contributed by atoms with Crippen LogP contribution in [0.2, 0.25) is 0 Å². The molecule has 86 valence electrons. The molecule has 5 heteroatoms. The number of amides is 1. The molecule has 0 atom stereocenters. The van der Waals surface area contributed by atoms with Crippen molar-refractivity contribution in [2.45, 2.75) is 32.2 Å². The van der Waals surface area contributed by atoms with Crippen molar-refractivity contribution in [1.82, 2.24) is 10.3 Å². The lowest BCUT2D eigenvalue weighted by molar-refractivity contribution is 0.0935. The molecule has 1 aliphatic carbocycles. The van der Waals surface area contributed by atoms with E-state index in [4.69, 9.17) is 5.84 Å². The van der Waals surface area contributed by atoms with E-state index in [2.05, 4.69) is 15.7 Å². The van der Waals surface area contributed by atoms with Gasteiger partial charge in [0.25, 0.3) is 5.91 Å². The van der Waals surface area contributed by atoms with Crippen molar-refractivity contribution in [3.63, 3.8) is 0 Å². The highest BCUT2D eigenvalue weighted by Crippen LogP contribution is 2.34. The van der Waals surface area contributed by atoms with Crippen molar-refractivity contribution in [2.75, 3.05) is 5.43 Å². The summed E-state index contributed by atoms with van der Waals surface area (Å²) in [7, 11) is 0. The number of nitrogens with zero attached hydrogens (tertiary/aromatic N) is 1. The average molecular weight is 220 g/mol. The van der Waals surface area contributed by atoms with Gasteiger partial charge in [-0.2, -0.15) is 0 Å². The highest BCUT2D eigenvalue weighted by Gasteiger charge is 2.38. The third-order valence-corrected chi connectivity index (χ3v) is 2.78. The predicted octanol–water partition coefficient (Wildman–Crippen LogP) is 0.958. The summed E-state index contributed by atoms with van der Waals surface area (Å²) in [6.07, 6.45) is 2.09. The smallest absolute Gasteiger partial charge is 0.251 e. The van der Waals surface area contributed by atoms with E-state index < -0.39 is 0 Å². The van der Waals surface area contributed by atoms with E-state index >= 15 is 0 Å². The number of hydrogen-bond acceptors (Lipinski definition) is 4. The molecule has 1 saturated carbocycles. The Hall–Kier alpha value is -1.62. The number of carbonyl (C=O) groups is 1. The second-order valence-corrected chi connectivity index (χ2v) is 4.54. The molecular formula is C11H16N4O. The van der Waals surface area contributed by atoms with Crippen LogP contribution in [-0.2, 0) is 0 Å². The standard InChI is InChI=1S/C11H16N4O/c1-7-5-8(6-9(13-7)15-12)10(16)14-11(2)3-4-11/h5-6H,3-4,12H2,1-2H3,(H,13,15)(H,14,16). The molecule has 2 rings (SSSR count). The molecule has 0 unspecified atom stereocenters. The summed E-state index contributed by atoms with van der Waals surface area (Å²) in [6, 6.07) is 3.40. The summed E-state index contributed by atoms with van der Waals surface area (Å²) in [5, 5.41) is 2.99. The minimum Gasteiger partial charge on any atom is -0.347 e. The number of nitrogens with two attached hydrogens (primary N) is 1. The first-order valence-corrected chi connectivity index (χ1v) is 5.30. The molecule has 16 heavy (non-hydrogen) atoms. The van der Waals surface area contributed by atoms with Crippen molar-refractivity contribution in [1.29, 1.82) is 0 Å². The van der Waals surface area contributed by atoms with Crippen LogP contribution in [-0.4, -0.2) is 16.4 Å². The number of anilines is 1. The molecule has 1 fully saturated rings. The van der Waals surface area contributed by atoms with Gasteiger partial charge in [-0.05, 0) is 38.8 Å². The Labute approximate surface area is 94.4 Å². The van der Waals surface area contributed by atoms with Gasteiger partial charge in [-0.1, -0.05) is 0 Å². The minimum absolute atomic E-state index is 0.00936. The molecule has 5 nitrogen and oxygen atoms in total. The summed E-state index contributed by atoms with van der Waals surface area (Å²) >= 11 is 0. The van der Waals surface area contributed by atoms with Crippen LogP contribution in [0.1, 0.15) is 35.8 Å². The maximum atomic E-state index is 11.9. The fourth-order valence-corrected chi connectivity index (χ4v) is 1.53. The molecule has 1 aromatic heterocycles. The van der Waals surface area contributed by atoms with Crippen molar-refractivity contribution < 1.29 is 4.79 Å². The number of pyridine rings is 1. The van der Waals surface area contributed by atoms with Crippen LogP contribution in [0, 0.1) is 6.92 Å². The van der Waals surface area contributed by atoms with Gasteiger partial charge in [-0.25, -0.2) is 10.8 Å². The van der Waals surface area contributed by atoms with Gasteiger partial charge in [0, 0.05) is 16.8 Å². The lowest BCUT2D eigenvalue weighted by Gasteiger charge is -2.12. The number of hydrogen-bond donors (Lipinski definition) is 3. The molecule has 1 amide bonds. The Bertz CT molecular complexity index is 426. The van der Waals surface area contributed by atoms with Crippen LogP contribution >= 0.6 is 0 Å². The molecule has 0 aromatic carbocycles. The van der Waals surface area contributed by atoms with Crippen LogP contribution in [0.25, 0.3) is 0 Å². The van der Waals surface area contributed by atoms with Gasteiger partial charge in [0.05, 0.1) is 0 Å². The predicted molar refractivity (Wildman–Crippen MR) is 61.9 cm³/mol. The molecule has 0 aliphatic heterocycles. The van der Waals surface area contributed by atoms with Crippen LogP contribution in [0.3, 0.4) is 0 Å². The van der Waals surface area contributed by atoms with Gasteiger partial charge in [-0.15, -0.1) is 0 Å². The van der Waals surface area contributed by atoms with E-state index in [1.54, 1.807) is 12.1 Å². The second-order valence-electron chi connectivity index (χ2n) is 4.54. The summed E-state index contributed by atoms with van der Waals surface area (Å²) in [5.41, 5.74) is 3.80. The summed E-state index contributed by atoms with van der Waals surface area (Å²) < 4.78 is 0. The Morgan fingerprint density at radius 3 is 2.75 bits per heavy atom. The molecule has 0 spiro atoms. The van der Waals surface area contributed by atoms with Gasteiger partial charge < -0.3 is 10.7 Å². The quantitative estimate of drug-likeness (QED) is 0.523. The summed E-state index contributed by atoms with van der Waals surface area (Å²) in [6.45, 7) is 3.87. The highest BCUT2D eigenvalue weighted by molar-refractivity contribution is 5.95. The van der Waals surface area contributed by atoms with Crippen molar-refractivity contribution in [3.05, 3.63) is 23.4 Å². The molecule has 1 aromatic rings. The first kappa shape index (κ1) is 10.9. The summed E-state index contributed by atoms with van der Waals surface area (Å²) in [5.74, 6) is 5.72. The van der Waals surface area contributed by atoms with Gasteiger partial charge in [0.2, 0.25) is 0 Å². The Balaban J connectivity index is 2.18. The van der Waals surface area contributed by atoms with Crippen LogP contribution in [0.15, 0.2) is 12.1 Å². The largest absolute Gasteiger partial charge is 0.347 e. The molecule has 0 saturated heterocycles. The van der Waals surface area contributed by atoms with Crippen LogP contribution in [0.5, 0.6) is 0 Å². The Kier molecular flexibility index (Phi) is 2.55. The van der Waals surface area contributed by atoms with Crippen LogP contribution in [0.4, 0.5) is 5.82 Å². The zero-order valence-electron chi connectivity index (χ0n) is 9.50. The lowest BCUT2D eigenvalue weighted by Crippen LogP contribution is -2.34. The zero-order valence-corrected chi connectivity index (χ0v) is 9.50. The number of carbonyl (C=O) groups excluding carboxylic acids is 1. The van der Waals surface area contributed by atoms with Crippen molar-refractivity contribution >= 4 is 11.7 Å². The van der Waals surface area contributed by atoms with Crippen LogP contribution < -0.4 is 16.6 Å².